The highest BCUT2D eigenvalue weighted by atomic mass is 127. The zero-order valence-electron chi connectivity index (χ0n) is 21.7. The first-order chi connectivity index (χ1) is 19.2. The predicted molar refractivity (Wildman–Crippen MR) is 159 cm³/mol. The molecule has 2 aliphatic rings. The van der Waals surface area contributed by atoms with Crippen molar-refractivity contribution < 1.29 is 22.8 Å². The fourth-order valence-electron chi connectivity index (χ4n) is 5.58. The molecule has 0 saturated heterocycles. The van der Waals surface area contributed by atoms with Crippen LogP contribution in [0.3, 0.4) is 0 Å². The number of amides is 1. The van der Waals surface area contributed by atoms with Gasteiger partial charge in [0.05, 0.1) is 0 Å². The standard InChI is InChI=1S/C23H22F3IN2O2.C8H7N/c24-23(25,26)20(30)7-4-10-28-16-11-15-13-29(22(31)14-5-2-1-3-6-14)19-9-8-18(27)17(12-16)21(15)19;1-2-4-8-7(3-1)5-6-9-8/h1-3,5-6,8-9,15-16,28H,4,7,10-13H2;1-6,9H. The number of hydrogen-bond donors (Lipinski definition) is 2. The van der Waals surface area contributed by atoms with E-state index in [4.69, 9.17) is 0 Å². The first kappa shape index (κ1) is 28.4. The van der Waals surface area contributed by atoms with E-state index in [0.29, 0.717) is 18.7 Å². The number of aromatic nitrogens is 1. The molecule has 1 aliphatic carbocycles. The molecule has 0 spiro atoms. The second-order valence-corrected chi connectivity index (χ2v) is 11.3. The zero-order valence-corrected chi connectivity index (χ0v) is 23.8. The third-order valence-corrected chi connectivity index (χ3v) is 8.47. The van der Waals surface area contributed by atoms with Crippen molar-refractivity contribution in [3.05, 3.63) is 99.3 Å². The van der Waals surface area contributed by atoms with Crippen molar-refractivity contribution >= 4 is 50.9 Å². The fraction of sp³-hybridized carbons (Fsp3) is 0.290. The number of benzene rings is 3. The van der Waals surface area contributed by atoms with Gasteiger partial charge in [-0.1, -0.05) is 36.4 Å². The van der Waals surface area contributed by atoms with Crippen LogP contribution in [0, 0.1) is 3.57 Å². The first-order valence-corrected chi connectivity index (χ1v) is 14.3. The number of Topliss-reactive ketones (excluding diaryl/α,β-unsaturated/α-hetero) is 1. The average molecular weight is 659 g/mol. The summed E-state index contributed by atoms with van der Waals surface area (Å²) in [4.78, 5) is 29.1. The van der Waals surface area contributed by atoms with Gasteiger partial charge in [-0.05, 0) is 101 Å². The average Bonchev–Trinajstić information content (AvgIpc) is 3.58. The van der Waals surface area contributed by atoms with Gasteiger partial charge >= 0.3 is 6.18 Å². The van der Waals surface area contributed by atoms with Gasteiger partial charge in [-0.25, -0.2) is 0 Å². The molecule has 2 heterocycles. The molecule has 2 N–H and O–H groups in total. The van der Waals surface area contributed by atoms with Crippen LogP contribution < -0.4 is 10.2 Å². The number of rotatable bonds is 6. The van der Waals surface area contributed by atoms with Gasteiger partial charge in [0.2, 0.25) is 5.78 Å². The Morgan fingerprint density at radius 3 is 2.50 bits per heavy atom. The lowest BCUT2D eigenvalue weighted by molar-refractivity contribution is -0.171. The van der Waals surface area contributed by atoms with E-state index in [9.17, 15) is 22.8 Å². The molecular formula is C31H29F3IN3O2. The lowest BCUT2D eigenvalue weighted by Crippen LogP contribution is -2.38. The van der Waals surface area contributed by atoms with Gasteiger partial charge in [0, 0.05) is 51.5 Å². The van der Waals surface area contributed by atoms with Crippen LogP contribution in [0.4, 0.5) is 18.9 Å². The van der Waals surface area contributed by atoms with Crippen molar-refractivity contribution in [2.24, 2.45) is 0 Å². The predicted octanol–water partition coefficient (Wildman–Crippen LogP) is 7.02. The molecule has 0 radical (unpaired) electrons. The molecule has 4 aromatic rings. The van der Waals surface area contributed by atoms with Crippen LogP contribution in [0.15, 0.2) is 79.0 Å². The van der Waals surface area contributed by atoms with Crippen LogP contribution >= 0.6 is 22.6 Å². The Balaban J connectivity index is 0.000000301. The van der Waals surface area contributed by atoms with Gasteiger partial charge in [-0.2, -0.15) is 13.2 Å². The second kappa shape index (κ2) is 12.1. The van der Waals surface area contributed by atoms with Crippen LogP contribution in [0.1, 0.15) is 46.7 Å². The number of anilines is 1. The molecule has 0 bridgehead atoms. The summed E-state index contributed by atoms with van der Waals surface area (Å²) in [6, 6.07) is 23.6. The van der Waals surface area contributed by atoms with Gasteiger partial charge in [0.25, 0.3) is 5.91 Å². The van der Waals surface area contributed by atoms with E-state index in [2.05, 4.69) is 51.1 Å². The number of H-pyrrole nitrogens is 1. The highest BCUT2D eigenvalue weighted by molar-refractivity contribution is 14.1. The number of fused-ring (bicyclic) bond motifs is 1. The lowest BCUT2D eigenvalue weighted by Gasteiger charge is -2.30. The largest absolute Gasteiger partial charge is 0.449 e. The fourth-order valence-corrected chi connectivity index (χ4v) is 6.27. The number of aromatic amines is 1. The number of para-hydroxylation sites is 1. The number of halogens is 4. The Kier molecular flexibility index (Phi) is 8.60. The quantitative estimate of drug-likeness (QED) is 0.173. The molecule has 2 unspecified atom stereocenters. The number of carbonyl (C=O) groups excluding carboxylic acids is 2. The summed E-state index contributed by atoms with van der Waals surface area (Å²) in [7, 11) is 0. The summed E-state index contributed by atoms with van der Waals surface area (Å²) in [5.74, 6) is -1.50. The number of nitrogens with one attached hydrogen (secondary N) is 2. The van der Waals surface area contributed by atoms with Gasteiger partial charge < -0.3 is 15.2 Å². The Labute approximate surface area is 244 Å². The molecule has 6 rings (SSSR count). The molecule has 1 aromatic heterocycles. The van der Waals surface area contributed by atoms with Crippen molar-refractivity contribution in [2.75, 3.05) is 18.0 Å². The number of nitrogens with zero attached hydrogens (tertiary/aromatic N) is 1. The van der Waals surface area contributed by atoms with Crippen LogP contribution in [0.2, 0.25) is 0 Å². The maximum absolute atomic E-state index is 13.1. The van der Waals surface area contributed by atoms with Crippen LogP contribution in [0.5, 0.6) is 0 Å². The highest BCUT2D eigenvalue weighted by Crippen LogP contribution is 2.46. The van der Waals surface area contributed by atoms with E-state index in [1.807, 2.05) is 65.7 Å². The van der Waals surface area contributed by atoms with Crippen molar-refractivity contribution in [2.45, 2.75) is 43.8 Å². The Bertz CT molecular complexity index is 1470. The minimum atomic E-state index is -4.76. The third kappa shape index (κ3) is 6.25. The van der Waals surface area contributed by atoms with Gasteiger partial charge in [-0.3, -0.25) is 9.59 Å². The van der Waals surface area contributed by atoms with Gasteiger partial charge in [-0.15, -0.1) is 0 Å². The minimum absolute atomic E-state index is 0.0198. The maximum Gasteiger partial charge on any atom is 0.449 e. The summed E-state index contributed by atoms with van der Waals surface area (Å²) < 4.78 is 38.2. The van der Waals surface area contributed by atoms with Gasteiger partial charge in [0.15, 0.2) is 0 Å². The van der Waals surface area contributed by atoms with E-state index in [-0.39, 0.29) is 24.3 Å². The molecule has 5 nitrogen and oxygen atoms in total. The monoisotopic (exact) mass is 659 g/mol. The van der Waals surface area contributed by atoms with Crippen molar-refractivity contribution in [1.29, 1.82) is 0 Å². The van der Waals surface area contributed by atoms with Crippen LogP contribution in [0.25, 0.3) is 10.9 Å². The SMILES string of the molecule is O=C(c1ccccc1)N1CC2CC(NCCCC(=O)C(F)(F)F)Cc3c(I)ccc1c32.c1ccc2[nH]ccc2c1. The maximum atomic E-state index is 13.1. The third-order valence-electron chi connectivity index (χ3n) is 7.46. The second-order valence-electron chi connectivity index (χ2n) is 10.1. The molecule has 0 saturated carbocycles. The molecule has 2 atom stereocenters. The lowest BCUT2D eigenvalue weighted by atomic mass is 9.81. The number of hydrogen-bond acceptors (Lipinski definition) is 3. The molecule has 0 fully saturated rings. The normalized spacial score (nSPS) is 17.8. The smallest absolute Gasteiger partial charge is 0.361 e. The van der Waals surface area contributed by atoms with E-state index in [1.165, 1.54) is 22.0 Å². The van der Waals surface area contributed by atoms with E-state index in [0.717, 1.165) is 22.1 Å². The molecule has 1 amide bonds. The van der Waals surface area contributed by atoms with Crippen molar-refractivity contribution in [3.63, 3.8) is 0 Å². The summed E-state index contributed by atoms with van der Waals surface area (Å²) in [6.07, 6.45) is -1.57. The zero-order chi connectivity index (χ0) is 28.3. The summed E-state index contributed by atoms with van der Waals surface area (Å²) in [6.45, 7) is 0.957. The number of alkyl halides is 3. The summed E-state index contributed by atoms with van der Waals surface area (Å²) in [5, 5.41) is 4.61. The molecule has 9 heteroatoms. The van der Waals surface area contributed by atoms with E-state index >= 15 is 0 Å². The molecule has 40 heavy (non-hydrogen) atoms. The van der Waals surface area contributed by atoms with Crippen molar-refractivity contribution in [3.8, 4) is 0 Å². The Morgan fingerprint density at radius 1 is 1.00 bits per heavy atom. The Morgan fingerprint density at radius 2 is 1.75 bits per heavy atom. The first-order valence-electron chi connectivity index (χ1n) is 13.3. The highest BCUT2D eigenvalue weighted by Gasteiger charge is 2.40. The van der Waals surface area contributed by atoms with Crippen LogP contribution in [-0.4, -0.2) is 42.0 Å². The molecule has 208 valence electrons. The van der Waals surface area contributed by atoms with Crippen molar-refractivity contribution in [1.82, 2.24) is 10.3 Å². The molecular weight excluding hydrogens is 630 g/mol. The summed E-state index contributed by atoms with van der Waals surface area (Å²) in [5.41, 5.74) is 5.25. The van der Waals surface area contributed by atoms with Gasteiger partial charge in [0.1, 0.15) is 0 Å². The Hall–Kier alpha value is -3.18. The van der Waals surface area contributed by atoms with E-state index < -0.39 is 18.4 Å². The topological polar surface area (TPSA) is 65.2 Å². The molecule has 1 aliphatic heterocycles. The molecule has 3 aromatic carbocycles. The minimum Gasteiger partial charge on any atom is -0.361 e. The van der Waals surface area contributed by atoms with E-state index in [1.54, 1.807) is 0 Å². The summed E-state index contributed by atoms with van der Waals surface area (Å²) >= 11 is 2.31. The van der Waals surface area contributed by atoms with Crippen LogP contribution in [-0.2, 0) is 11.2 Å². The number of ketones is 1. The number of carbonyl (C=O) groups is 2.